The smallest absolute Gasteiger partial charge is 0.295 e. The number of rotatable bonds is 0. The number of imidazole rings is 1. The fourth-order valence-corrected chi connectivity index (χ4v) is 4.65. The van der Waals surface area contributed by atoms with E-state index in [2.05, 4.69) is 71.5 Å². The number of furan rings is 1. The van der Waals surface area contributed by atoms with Crippen molar-refractivity contribution in [3.63, 3.8) is 0 Å². The highest BCUT2D eigenvalue weighted by Crippen LogP contribution is 2.34. The summed E-state index contributed by atoms with van der Waals surface area (Å²) in [6.45, 7) is 2.14. The Morgan fingerprint density at radius 2 is 1.82 bits per heavy atom. The first kappa shape index (κ1) is 15.2. The summed E-state index contributed by atoms with van der Waals surface area (Å²) in [6, 6.07) is 21.2. The standard InChI is InChI=1S/C24H16N3O/c1-14-6-5-8-17-15-7-3-4-9-19(15)27-23-18(13-25)16-10-11-28-21(16)12-20(23)26(2)24(27)22(14)17/h3-12H,1-2H3/q+1. The Hall–Kier alpha value is -3.84. The van der Waals surface area contributed by atoms with E-state index in [0.29, 0.717) is 5.56 Å². The second-order valence-corrected chi connectivity index (χ2v) is 7.30. The molecule has 0 saturated carbocycles. The van der Waals surface area contributed by atoms with Crippen molar-refractivity contribution in [3.05, 3.63) is 72.0 Å². The maximum atomic E-state index is 10.0. The number of nitrogens with zero attached hydrogens (tertiary/aromatic N) is 3. The average molecular weight is 362 g/mol. The second-order valence-electron chi connectivity index (χ2n) is 7.30. The minimum atomic E-state index is 0.648. The molecule has 0 radical (unpaired) electrons. The molecule has 4 heteroatoms. The summed E-state index contributed by atoms with van der Waals surface area (Å²) in [5.41, 5.74) is 6.70. The summed E-state index contributed by atoms with van der Waals surface area (Å²) in [5.74, 6) is 0. The zero-order valence-electron chi connectivity index (χ0n) is 15.5. The molecule has 0 unspecified atom stereocenters. The van der Waals surface area contributed by atoms with Crippen LogP contribution < -0.4 is 4.40 Å². The van der Waals surface area contributed by atoms with Gasteiger partial charge in [-0.2, -0.15) is 9.66 Å². The first-order chi connectivity index (χ1) is 13.7. The molecular formula is C24H16N3O+. The Morgan fingerprint density at radius 1 is 1.00 bits per heavy atom. The first-order valence-corrected chi connectivity index (χ1v) is 9.25. The third kappa shape index (κ3) is 1.67. The molecule has 3 aromatic carbocycles. The van der Waals surface area contributed by atoms with E-state index in [0.717, 1.165) is 33.2 Å². The van der Waals surface area contributed by atoms with Crippen LogP contribution in [-0.2, 0) is 7.05 Å². The Morgan fingerprint density at radius 3 is 2.68 bits per heavy atom. The van der Waals surface area contributed by atoms with Crippen molar-refractivity contribution < 1.29 is 8.82 Å². The lowest BCUT2D eigenvalue weighted by Gasteiger charge is -2.07. The van der Waals surface area contributed by atoms with Gasteiger partial charge in [0.1, 0.15) is 22.7 Å². The van der Waals surface area contributed by atoms with Gasteiger partial charge in [-0.25, -0.2) is 4.57 Å². The largest absolute Gasteiger partial charge is 0.464 e. The van der Waals surface area contributed by atoms with Crippen LogP contribution in [0, 0.1) is 18.3 Å². The fourth-order valence-electron chi connectivity index (χ4n) is 4.65. The molecule has 6 rings (SSSR count). The van der Waals surface area contributed by atoms with Gasteiger partial charge in [-0.15, -0.1) is 0 Å². The molecule has 132 valence electrons. The van der Waals surface area contributed by atoms with Gasteiger partial charge < -0.3 is 4.42 Å². The van der Waals surface area contributed by atoms with E-state index in [1.807, 2.05) is 12.1 Å². The molecular weight excluding hydrogens is 346 g/mol. The van der Waals surface area contributed by atoms with Crippen molar-refractivity contribution in [2.45, 2.75) is 6.92 Å². The van der Waals surface area contributed by atoms with Gasteiger partial charge in [0.2, 0.25) is 0 Å². The Balaban J connectivity index is 2.10. The number of fused-ring (bicyclic) bond motifs is 9. The zero-order chi connectivity index (χ0) is 19.0. The van der Waals surface area contributed by atoms with Crippen LogP contribution in [-0.4, -0.2) is 4.57 Å². The van der Waals surface area contributed by atoms with Gasteiger partial charge in [0.05, 0.1) is 18.7 Å². The van der Waals surface area contributed by atoms with Crippen LogP contribution in [0.5, 0.6) is 0 Å². The summed E-state index contributed by atoms with van der Waals surface area (Å²) in [5, 5.41) is 14.5. The van der Waals surface area contributed by atoms with Crippen LogP contribution in [0.1, 0.15) is 11.1 Å². The average Bonchev–Trinajstić information content (AvgIpc) is 3.30. The number of hydrogen-bond acceptors (Lipinski definition) is 2. The monoisotopic (exact) mass is 362 g/mol. The van der Waals surface area contributed by atoms with Gasteiger partial charge in [-0.05, 0) is 24.6 Å². The number of pyridine rings is 1. The van der Waals surface area contributed by atoms with E-state index in [1.54, 1.807) is 6.26 Å². The summed E-state index contributed by atoms with van der Waals surface area (Å²) in [4.78, 5) is 0. The van der Waals surface area contributed by atoms with Gasteiger partial charge in [-0.3, -0.25) is 0 Å². The highest BCUT2D eigenvalue weighted by Gasteiger charge is 2.28. The molecule has 0 aliphatic rings. The molecule has 4 nitrogen and oxygen atoms in total. The minimum Gasteiger partial charge on any atom is -0.464 e. The number of para-hydroxylation sites is 1. The molecule has 0 bridgehead atoms. The molecule has 0 amide bonds. The molecule has 28 heavy (non-hydrogen) atoms. The van der Waals surface area contributed by atoms with Crippen LogP contribution in [0.3, 0.4) is 0 Å². The number of aryl methyl sites for hydroxylation is 2. The SMILES string of the molecule is Cc1cccc2c3ccccc3[n+]3c4c(C#N)c5ccoc5cc4n(C)c3c12. The molecule has 0 aliphatic heterocycles. The van der Waals surface area contributed by atoms with Crippen LogP contribution in [0.2, 0.25) is 0 Å². The highest BCUT2D eigenvalue weighted by molar-refractivity contribution is 6.12. The number of benzene rings is 3. The third-order valence-electron chi connectivity index (χ3n) is 5.87. The molecule has 0 spiro atoms. The van der Waals surface area contributed by atoms with Crippen LogP contribution in [0.4, 0.5) is 0 Å². The Labute approximate surface area is 160 Å². The van der Waals surface area contributed by atoms with Crippen molar-refractivity contribution >= 4 is 49.3 Å². The lowest BCUT2D eigenvalue weighted by molar-refractivity contribution is -0.449. The van der Waals surface area contributed by atoms with Crippen molar-refractivity contribution in [2.24, 2.45) is 7.05 Å². The molecule has 0 atom stereocenters. The number of aromatic nitrogens is 2. The Kier molecular flexibility index (Phi) is 2.78. The quantitative estimate of drug-likeness (QED) is 0.277. The number of hydrogen-bond donors (Lipinski definition) is 0. The third-order valence-corrected chi connectivity index (χ3v) is 5.87. The molecule has 0 N–H and O–H groups in total. The zero-order valence-corrected chi connectivity index (χ0v) is 15.5. The van der Waals surface area contributed by atoms with Crippen molar-refractivity contribution in [1.82, 2.24) is 4.57 Å². The molecule has 0 saturated heterocycles. The normalized spacial score (nSPS) is 11.9. The van der Waals surface area contributed by atoms with Crippen LogP contribution in [0.15, 0.2) is 65.3 Å². The summed E-state index contributed by atoms with van der Waals surface area (Å²) < 4.78 is 10.1. The summed E-state index contributed by atoms with van der Waals surface area (Å²) in [6.07, 6.45) is 1.65. The van der Waals surface area contributed by atoms with E-state index < -0.39 is 0 Å². The molecule has 3 heterocycles. The highest BCUT2D eigenvalue weighted by atomic mass is 16.3. The van der Waals surface area contributed by atoms with E-state index in [4.69, 9.17) is 4.42 Å². The lowest BCUT2D eigenvalue weighted by Crippen LogP contribution is -2.23. The topological polar surface area (TPSA) is 46.0 Å². The molecule has 3 aromatic heterocycles. The fraction of sp³-hybridized carbons (Fsp3) is 0.0833. The number of nitriles is 1. The van der Waals surface area contributed by atoms with E-state index in [-0.39, 0.29) is 0 Å². The lowest BCUT2D eigenvalue weighted by atomic mass is 10.0. The predicted molar refractivity (Wildman–Crippen MR) is 110 cm³/mol. The molecule has 6 aromatic rings. The van der Waals surface area contributed by atoms with Gasteiger partial charge in [0.15, 0.2) is 11.0 Å². The summed E-state index contributed by atoms with van der Waals surface area (Å²) >= 11 is 0. The van der Waals surface area contributed by atoms with Crippen molar-refractivity contribution in [3.8, 4) is 6.07 Å². The molecule has 0 aliphatic carbocycles. The Bertz CT molecular complexity index is 1640. The minimum absolute atomic E-state index is 0.648. The van der Waals surface area contributed by atoms with Crippen LogP contribution in [0.25, 0.3) is 49.3 Å². The van der Waals surface area contributed by atoms with Gasteiger partial charge in [-0.1, -0.05) is 36.4 Å². The van der Waals surface area contributed by atoms with Crippen LogP contribution >= 0.6 is 0 Å². The maximum absolute atomic E-state index is 10.0. The van der Waals surface area contributed by atoms with Gasteiger partial charge in [0.25, 0.3) is 5.65 Å². The maximum Gasteiger partial charge on any atom is 0.295 e. The predicted octanol–water partition coefficient (Wildman–Crippen LogP) is 5.15. The van der Waals surface area contributed by atoms with Crippen molar-refractivity contribution in [2.75, 3.05) is 0 Å². The van der Waals surface area contributed by atoms with Gasteiger partial charge >= 0.3 is 0 Å². The van der Waals surface area contributed by atoms with Gasteiger partial charge in [0, 0.05) is 22.2 Å². The van der Waals surface area contributed by atoms with E-state index >= 15 is 0 Å². The van der Waals surface area contributed by atoms with Crippen molar-refractivity contribution in [1.29, 1.82) is 5.26 Å². The van der Waals surface area contributed by atoms with E-state index in [1.165, 1.54) is 21.7 Å². The second kappa shape index (κ2) is 5.11. The molecule has 0 fully saturated rings. The first-order valence-electron chi connectivity index (χ1n) is 9.25. The van der Waals surface area contributed by atoms with E-state index in [9.17, 15) is 5.26 Å². The summed E-state index contributed by atoms with van der Waals surface area (Å²) in [7, 11) is 2.06.